The molecule has 0 fully saturated rings. The summed E-state index contributed by atoms with van der Waals surface area (Å²) < 4.78 is 15.5. The summed E-state index contributed by atoms with van der Waals surface area (Å²) in [4.78, 5) is 0. The second-order valence-electron chi connectivity index (χ2n) is 3.28. The predicted octanol–water partition coefficient (Wildman–Crippen LogP) is 2.10. The third-order valence-corrected chi connectivity index (χ3v) is 2.20. The van der Waals surface area contributed by atoms with Gasteiger partial charge in [0.25, 0.3) is 0 Å². The number of hydrogen-bond donors (Lipinski definition) is 0. The van der Waals surface area contributed by atoms with E-state index in [1.807, 2.05) is 26.0 Å². The lowest BCUT2D eigenvalue weighted by Crippen LogP contribution is -2.08. The van der Waals surface area contributed by atoms with Crippen molar-refractivity contribution in [3.8, 4) is 5.75 Å². The van der Waals surface area contributed by atoms with E-state index < -0.39 is 0 Å². The van der Waals surface area contributed by atoms with Crippen molar-refractivity contribution in [3.05, 3.63) is 29.3 Å². The summed E-state index contributed by atoms with van der Waals surface area (Å²) in [6.45, 7) is 5.42. The molecule has 0 aliphatic rings. The number of aryl methyl sites for hydroxylation is 1. The van der Waals surface area contributed by atoms with Crippen molar-refractivity contribution < 1.29 is 14.2 Å². The largest absolute Gasteiger partial charge is 0.467 e. The molecule has 15 heavy (non-hydrogen) atoms. The molecule has 3 heteroatoms. The molecule has 0 atom stereocenters. The van der Waals surface area contributed by atoms with E-state index in [9.17, 15) is 0 Å². The van der Waals surface area contributed by atoms with Crippen molar-refractivity contribution in [2.24, 2.45) is 0 Å². The number of methoxy groups -OCH3 is 1. The molecule has 0 N–H and O–H groups in total. The Balaban J connectivity index is 2.34. The average Bonchev–Trinajstić information content (AvgIpc) is 2.24. The summed E-state index contributed by atoms with van der Waals surface area (Å²) in [5, 5.41) is 0. The maximum absolute atomic E-state index is 5.43. The van der Waals surface area contributed by atoms with Crippen molar-refractivity contribution >= 4 is 0 Å². The molecule has 0 heterocycles. The van der Waals surface area contributed by atoms with Crippen LogP contribution >= 0.6 is 0 Å². The Bertz CT molecular complexity index is 297. The topological polar surface area (TPSA) is 27.7 Å². The standard InChI is InChI=1S/C12H17O3/c1-10-5-4-6-12(11(10)2)15-9-14-8-7-13-3/h4-5H,7-9H2,1-3H3. The lowest BCUT2D eigenvalue weighted by atomic mass is 10.1. The number of hydrogen-bond acceptors (Lipinski definition) is 3. The van der Waals surface area contributed by atoms with Crippen LogP contribution in [0.3, 0.4) is 0 Å². The van der Waals surface area contributed by atoms with Gasteiger partial charge in [0, 0.05) is 13.2 Å². The van der Waals surface area contributed by atoms with Gasteiger partial charge in [-0.2, -0.15) is 0 Å². The predicted molar refractivity (Wildman–Crippen MR) is 58.1 cm³/mol. The van der Waals surface area contributed by atoms with Crippen LogP contribution in [0.1, 0.15) is 11.1 Å². The molecule has 0 aromatic heterocycles. The molecule has 1 aromatic carbocycles. The third kappa shape index (κ3) is 3.90. The van der Waals surface area contributed by atoms with Crippen LogP contribution in [0, 0.1) is 19.9 Å². The highest BCUT2D eigenvalue weighted by atomic mass is 16.7. The molecule has 1 radical (unpaired) electrons. The van der Waals surface area contributed by atoms with E-state index in [4.69, 9.17) is 14.2 Å². The minimum Gasteiger partial charge on any atom is -0.467 e. The summed E-state index contributed by atoms with van der Waals surface area (Å²) in [7, 11) is 1.64. The third-order valence-electron chi connectivity index (χ3n) is 2.20. The highest BCUT2D eigenvalue weighted by Crippen LogP contribution is 2.19. The van der Waals surface area contributed by atoms with Gasteiger partial charge in [-0.15, -0.1) is 0 Å². The molecule has 0 aliphatic carbocycles. The summed E-state index contributed by atoms with van der Waals surface area (Å²) in [6, 6.07) is 6.90. The molecule has 3 nitrogen and oxygen atoms in total. The molecule has 1 aromatic rings. The Morgan fingerprint density at radius 1 is 1.27 bits per heavy atom. The zero-order valence-corrected chi connectivity index (χ0v) is 9.50. The molecule has 1 rings (SSSR count). The first-order chi connectivity index (χ1) is 7.25. The van der Waals surface area contributed by atoms with Gasteiger partial charge in [-0.3, -0.25) is 0 Å². The van der Waals surface area contributed by atoms with Crippen molar-refractivity contribution in [2.45, 2.75) is 13.8 Å². The van der Waals surface area contributed by atoms with E-state index in [-0.39, 0.29) is 6.79 Å². The lowest BCUT2D eigenvalue weighted by Gasteiger charge is -2.10. The van der Waals surface area contributed by atoms with Gasteiger partial charge in [0.2, 0.25) is 0 Å². The second kappa shape index (κ2) is 6.43. The van der Waals surface area contributed by atoms with Crippen LogP contribution in [0.4, 0.5) is 0 Å². The zero-order valence-electron chi connectivity index (χ0n) is 9.50. The Morgan fingerprint density at radius 3 is 2.80 bits per heavy atom. The van der Waals surface area contributed by atoms with Gasteiger partial charge >= 0.3 is 0 Å². The summed E-state index contributed by atoms with van der Waals surface area (Å²) in [5.74, 6) is 0.757. The van der Waals surface area contributed by atoms with E-state index >= 15 is 0 Å². The number of benzene rings is 1. The van der Waals surface area contributed by atoms with Gasteiger partial charge in [-0.25, -0.2) is 0 Å². The number of ether oxygens (including phenoxy) is 3. The lowest BCUT2D eigenvalue weighted by molar-refractivity contribution is -0.00889. The Hall–Kier alpha value is -1.06. The van der Waals surface area contributed by atoms with Crippen molar-refractivity contribution in [3.63, 3.8) is 0 Å². The Labute approximate surface area is 91.0 Å². The highest BCUT2D eigenvalue weighted by Gasteiger charge is 2.01. The molecular weight excluding hydrogens is 192 g/mol. The Kier molecular flexibility index (Phi) is 5.15. The molecule has 0 saturated heterocycles. The average molecular weight is 209 g/mol. The van der Waals surface area contributed by atoms with Crippen LogP contribution in [-0.2, 0) is 9.47 Å². The summed E-state index contributed by atoms with van der Waals surface area (Å²) >= 11 is 0. The normalized spacial score (nSPS) is 10.3. The maximum atomic E-state index is 5.43. The first-order valence-electron chi connectivity index (χ1n) is 4.93. The van der Waals surface area contributed by atoms with Crippen LogP contribution in [0.25, 0.3) is 0 Å². The minimum atomic E-state index is 0.240. The van der Waals surface area contributed by atoms with E-state index in [1.54, 1.807) is 7.11 Å². The van der Waals surface area contributed by atoms with Crippen LogP contribution < -0.4 is 4.74 Å². The molecule has 0 unspecified atom stereocenters. The van der Waals surface area contributed by atoms with Crippen LogP contribution in [0.5, 0.6) is 5.75 Å². The van der Waals surface area contributed by atoms with E-state index in [2.05, 4.69) is 6.07 Å². The van der Waals surface area contributed by atoms with Crippen molar-refractivity contribution in [1.82, 2.24) is 0 Å². The molecule has 83 valence electrons. The van der Waals surface area contributed by atoms with Crippen molar-refractivity contribution in [2.75, 3.05) is 27.1 Å². The summed E-state index contributed by atoms with van der Waals surface area (Å²) in [5.41, 5.74) is 2.30. The van der Waals surface area contributed by atoms with Crippen LogP contribution in [0.2, 0.25) is 0 Å². The summed E-state index contributed by atoms with van der Waals surface area (Å²) in [6.07, 6.45) is 0. The van der Waals surface area contributed by atoms with Gasteiger partial charge in [0.05, 0.1) is 13.2 Å². The fraction of sp³-hybridized carbons (Fsp3) is 0.500. The fourth-order valence-corrected chi connectivity index (χ4v) is 1.11. The van der Waals surface area contributed by atoms with E-state index in [1.165, 1.54) is 5.56 Å². The first kappa shape index (κ1) is 12.0. The van der Waals surface area contributed by atoms with Gasteiger partial charge in [-0.05, 0) is 25.0 Å². The SMILES string of the molecule is COCCOCOc1[c]ccc(C)c1C. The van der Waals surface area contributed by atoms with Gasteiger partial charge in [0.1, 0.15) is 5.75 Å². The smallest absolute Gasteiger partial charge is 0.189 e. The van der Waals surface area contributed by atoms with Crippen LogP contribution in [0.15, 0.2) is 12.1 Å². The molecule has 0 amide bonds. The monoisotopic (exact) mass is 209 g/mol. The van der Waals surface area contributed by atoms with Crippen LogP contribution in [-0.4, -0.2) is 27.1 Å². The van der Waals surface area contributed by atoms with E-state index in [0.29, 0.717) is 13.2 Å². The quantitative estimate of drug-likeness (QED) is 0.530. The maximum Gasteiger partial charge on any atom is 0.189 e. The zero-order chi connectivity index (χ0) is 11.1. The molecule has 0 aliphatic heterocycles. The Morgan fingerprint density at radius 2 is 2.07 bits per heavy atom. The fourth-order valence-electron chi connectivity index (χ4n) is 1.11. The minimum absolute atomic E-state index is 0.240. The van der Waals surface area contributed by atoms with Gasteiger partial charge in [-0.1, -0.05) is 12.1 Å². The van der Waals surface area contributed by atoms with Crippen molar-refractivity contribution in [1.29, 1.82) is 0 Å². The molecule has 0 saturated carbocycles. The molecule has 0 bridgehead atoms. The molecule has 0 spiro atoms. The van der Waals surface area contributed by atoms with Gasteiger partial charge < -0.3 is 14.2 Å². The van der Waals surface area contributed by atoms with E-state index in [0.717, 1.165) is 11.3 Å². The van der Waals surface area contributed by atoms with Gasteiger partial charge in [0.15, 0.2) is 6.79 Å². The first-order valence-corrected chi connectivity index (χ1v) is 4.93. The number of rotatable bonds is 6. The second-order valence-corrected chi connectivity index (χ2v) is 3.28. The molecular formula is C12H17O3. The highest BCUT2D eigenvalue weighted by molar-refractivity contribution is 5.37.